The van der Waals surface area contributed by atoms with Gasteiger partial charge in [0.2, 0.25) is 0 Å². The fourth-order valence-corrected chi connectivity index (χ4v) is 2.70. The maximum Gasteiger partial charge on any atom is 0.0585 e. The maximum atomic E-state index is 6.20. The topological polar surface area (TPSA) is 12.0 Å². The maximum absolute atomic E-state index is 6.20. The highest BCUT2D eigenvalue weighted by atomic mass is 79.9. The first-order valence-electron chi connectivity index (χ1n) is 5.81. The van der Waals surface area contributed by atoms with Crippen LogP contribution in [0.4, 0.5) is 0 Å². The zero-order chi connectivity index (χ0) is 13.1. The van der Waals surface area contributed by atoms with Gasteiger partial charge in [0.25, 0.3) is 0 Å². The second-order valence-electron chi connectivity index (χ2n) is 4.25. The van der Waals surface area contributed by atoms with Crippen LogP contribution in [0.5, 0.6) is 0 Å². The molecule has 2 rings (SSSR count). The minimum absolute atomic E-state index is 0.138. The molecule has 3 heteroatoms. The van der Waals surface area contributed by atoms with E-state index in [1.807, 2.05) is 32.2 Å². The van der Waals surface area contributed by atoms with Crippen molar-refractivity contribution >= 4 is 27.5 Å². The van der Waals surface area contributed by atoms with Gasteiger partial charge in [-0.25, -0.2) is 0 Å². The Morgan fingerprint density at radius 3 is 2.50 bits per heavy atom. The Kier molecular flexibility index (Phi) is 4.44. The van der Waals surface area contributed by atoms with Crippen LogP contribution in [0.3, 0.4) is 0 Å². The lowest BCUT2D eigenvalue weighted by Crippen LogP contribution is -2.18. The van der Waals surface area contributed by atoms with Crippen molar-refractivity contribution in [3.05, 3.63) is 68.7 Å². The molecule has 0 aliphatic carbocycles. The molecule has 0 amide bonds. The lowest BCUT2D eigenvalue weighted by Gasteiger charge is -2.19. The van der Waals surface area contributed by atoms with Crippen molar-refractivity contribution in [2.24, 2.45) is 0 Å². The largest absolute Gasteiger partial charge is 0.309 e. The molecule has 0 aliphatic heterocycles. The molecule has 0 saturated carbocycles. The molecule has 0 heterocycles. The Morgan fingerprint density at radius 2 is 1.89 bits per heavy atom. The summed E-state index contributed by atoms with van der Waals surface area (Å²) in [7, 11) is 1.96. The van der Waals surface area contributed by atoms with Crippen molar-refractivity contribution in [3.63, 3.8) is 0 Å². The number of hydrogen-bond acceptors (Lipinski definition) is 1. The normalized spacial score (nSPS) is 12.4. The third-order valence-electron chi connectivity index (χ3n) is 3.03. The van der Waals surface area contributed by atoms with Gasteiger partial charge < -0.3 is 5.32 Å². The van der Waals surface area contributed by atoms with Gasteiger partial charge in [-0.15, -0.1) is 0 Å². The van der Waals surface area contributed by atoms with Crippen LogP contribution in [0.2, 0.25) is 5.02 Å². The third kappa shape index (κ3) is 2.77. The lowest BCUT2D eigenvalue weighted by molar-refractivity contribution is 0.689. The van der Waals surface area contributed by atoms with E-state index in [4.69, 9.17) is 11.6 Å². The van der Waals surface area contributed by atoms with Crippen LogP contribution in [-0.2, 0) is 0 Å². The van der Waals surface area contributed by atoms with Crippen molar-refractivity contribution in [2.75, 3.05) is 7.05 Å². The Balaban J connectivity index is 2.45. The zero-order valence-corrected chi connectivity index (χ0v) is 12.7. The van der Waals surface area contributed by atoms with Gasteiger partial charge in [0.05, 0.1) is 6.04 Å². The smallest absolute Gasteiger partial charge is 0.0585 e. The summed E-state index contributed by atoms with van der Waals surface area (Å²) in [5.41, 5.74) is 3.47. The van der Waals surface area contributed by atoms with Crippen molar-refractivity contribution < 1.29 is 0 Å². The molecule has 94 valence electrons. The molecule has 1 unspecified atom stereocenters. The lowest BCUT2D eigenvalue weighted by atomic mass is 9.98. The molecule has 1 N–H and O–H groups in total. The molecule has 18 heavy (non-hydrogen) atoms. The number of halogens is 2. The Labute approximate surface area is 121 Å². The second-order valence-corrected chi connectivity index (χ2v) is 5.51. The predicted octanol–water partition coefficient (Wildman–Crippen LogP) is 4.72. The van der Waals surface area contributed by atoms with Crippen LogP contribution in [-0.4, -0.2) is 7.05 Å². The van der Waals surface area contributed by atoms with Gasteiger partial charge in [-0.3, -0.25) is 0 Å². The summed E-state index contributed by atoms with van der Waals surface area (Å²) in [5, 5.41) is 4.14. The van der Waals surface area contributed by atoms with Gasteiger partial charge in [-0.2, -0.15) is 0 Å². The van der Waals surface area contributed by atoms with Crippen molar-refractivity contribution in [3.8, 4) is 0 Å². The van der Waals surface area contributed by atoms with Crippen molar-refractivity contribution in [1.29, 1.82) is 0 Å². The number of nitrogens with one attached hydrogen (secondary N) is 1. The summed E-state index contributed by atoms with van der Waals surface area (Å²) in [6.45, 7) is 2.01. The van der Waals surface area contributed by atoms with Gasteiger partial charge in [0.15, 0.2) is 0 Å². The number of rotatable bonds is 3. The Morgan fingerprint density at radius 1 is 1.17 bits per heavy atom. The van der Waals surface area contributed by atoms with Crippen LogP contribution in [0.25, 0.3) is 0 Å². The molecular weight excluding hydrogens is 310 g/mol. The first kappa shape index (κ1) is 13.6. The van der Waals surface area contributed by atoms with E-state index >= 15 is 0 Å². The van der Waals surface area contributed by atoms with E-state index in [1.165, 1.54) is 11.1 Å². The van der Waals surface area contributed by atoms with Crippen LogP contribution < -0.4 is 5.32 Å². The molecule has 0 aliphatic rings. The highest BCUT2D eigenvalue weighted by molar-refractivity contribution is 9.10. The summed E-state index contributed by atoms with van der Waals surface area (Å²) in [5.74, 6) is 0. The average Bonchev–Trinajstić information content (AvgIpc) is 2.37. The highest BCUT2D eigenvalue weighted by Crippen LogP contribution is 2.30. The SMILES string of the molecule is CNC(c1ccc(C)c(Cl)c1)c1ccccc1Br. The minimum atomic E-state index is 0.138. The number of aryl methyl sites for hydroxylation is 1. The van der Waals surface area contributed by atoms with Gasteiger partial charge in [-0.05, 0) is 42.8 Å². The minimum Gasteiger partial charge on any atom is -0.309 e. The molecule has 1 nitrogen and oxygen atoms in total. The zero-order valence-electron chi connectivity index (χ0n) is 10.4. The molecular formula is C15H15BrClN. The number of benzene rings is 2. The van der Waals surface area contributed by atoms with E-state index in [9.17, 15) is 0 Å². The van der Waals surface area contributed by atoms with Gasteiger partial charge in [0, 0.05) is 9.50 Å². The fourth-order valence-electron chi connectivity index (χ4n) is 2.00. The molecule has 0 fully saturated rings. The summed E-state index contributed by atoms with van der Waals surface area (Å²) >= 11 is 9.80. The second kappa shape index (κ2) is 5.87. The average molecular weight is 325 g/mol. The van der Waals surface area contributed by atoms with Crippen LogP contribution in [0, 0.1) is 6.92 Å². The van der Waals surface area contributed by atoms with Crippen LogP contribution in [0.15, 0.2) is 46.9 Å². The molecule has 0 aromatic heterocycles. The van der Waals surface area contributed by atoms with Gasteiger partial charge in [0.1, 0.15) is 0 Å². The summed E-state index contributed by atoms with van der Waals surface area (Å²) in [6.07, 6.45) is 0. The standard InChI is InChI=1S/C15H15BrClN/c1-10-7-8-11(9-14(10)17)15(18-2)12-5-3-4-6-13(12)16/h3-9,15,18H,1-2H3. The van der Waals surface area contributed by atoms with E-state index in [2.05, 4.69) is 45.5 Å². The summed E-state index contributed by atoms with van der Waals surface area (Å²) in [4.78, 5) is 0. The van der Waals surface area contributed by atoms with E-state index in [1.54, 1.807) is 0 Å². The Bertz CT molecular complexity index is 554. The molecule has 2 aromatic rings. The third-order valence-corrected chi connectivity index (χ3v) is 4.16. The quantitative estimate of drug-likeness (QED) is 0.861. The van der Waals surface area contributed by atoms with E-state index in [0.29, 0.717) is 0 Å². The van der Waals surface area contributed by atoms with E-state index in [0.717, 1.165) is 15.1 Å². The molecule has 0 spiro atoms. The molecule has 0 radical (unpaired) electrons. The van der Waals surface area contributed by atoms with Crippen LogP contribution >= 0.6 is 27.5 Å². The van der Waals surface area contributed by atoms with Crippen molar-refractivity contribution in [1.82, 2.24) is 5.32 Å². The molecule has 2 aromatic carbocycles. The van der Waals surface area contributed by atoms with Gasteiger partial charge in [-0.1, -0.05) is 57.9 Å². The Hall–Kier alpha value is -0.830. The van der Waals surface area contributed by atoms with Gasteiger partial charge >= 0.3 is 0 Å². The highest BCUT2D eigenvalue weighted by Gasteiger charge is 2.15. The summed E-state index contributed by atoms with van der Waals surface area (Å²) < 4.78 is 1.10. The van der Waals surface area contributed by atoms with E-state index in [-0.39, 0.29) is 6.04 Å². The van der Waals surface area contributed by atoms with E-state index < -0.39 is 0 Å². The monoisotopic (exact) mass is 323 g/mol. The predicted molar refractivity (Wildman–Crippen MR) is 81.2 cm³/mol. The van der Waals surface area contributed by atoms with Crippen LogP contribution in [0.1, 0.15) is 22.7 Å². The van der Waals surface area contributed by atoms with Crippen molar-refractivity contribution in [2.45, 2.75) is 13.0 Å². The fraction of sp³-hybridized carbons (Fsp3) is 0.200. The first-order chi connectivity index (χ1) is 8.63. The summed E-state index contributed by atoms with van der Waals surface area (Å²) in [6, 6.07) is 14.5. The first-order valence-corrected chi connectivity index (χ1v) is 6.98. The number of hydrogen-bond donors (Lipinski definition) is 1. The molecule has 1 atom stereocenters. The molecule has 0 bridgehead atoms. The molecule has 0 saturated heterocycles.